The van der Waals surface area contributed by atoms with Crippen molar-refractivity contribution in [2.24, 2.45) is 10.4 Å². The highest BCUT2D eigenvalue weighted by molar-refractivity contribution is 5.79. The summed E-state index contributed by atoms with van der Waals surface area (Å²) >= 11 is 0. The molecule has 1 aliphatic rings. The van der Waals surface area contributed by atoms with E-state index in [1.165, 1.54) is 5.56 Å². The zero-order valence-corrected chi connectivity index (χ0v) is 18.1. The van der Waals surface area contributed by atoms with Crippen LogP contribution in [0, 0.1) is 12.3 Å². The number of ether oxygens (including phenoxy) is 2. The number of rotatable bonds is 8. The number of benzene rings is 1. The van der Waals surface area contributed by atoms with E-state index < -0.39 is 0 Å². The Morgan fingerprint density at radius 2 is 2.11 bits per heavy atom. The molecule has 2 rings (SSSR count). The van der Waals surface area contributed by atoms with E-state index in [9.17, 15) is 5.11 Å². The molecule has 1 aromatic rings. The quantitative estimate of drug-likeness (QED) is 0.469. The van der Waals surface area contributed by atoms with Crippen molar-refractivity contribution in [1.29, 1.82) is 0 Å². The summed E-state index contributed by atoms with van der Waals surface area (Å²) in [7, 11) is 0. The van der Waals surface area contributed by atoms with Gasteiger partial charge in [-0.1, -0.05) is 12.1 Å². The largest absolute Gasteiger partial charge is 0.488 e. The van der Waals surface area contributed by atoms with Gasteiger partial charge in [-0.3, -0.25) is 0 Å². The van der Waals surface area contributed by atoms with Crippen molar-refractivity contribution >= 4 is 5.96 Å². The first-order valence-electron chi connectivity index (χ1n) is 10.3. The predicted molar refractivity (Wildman–Crippen MR) is 114 cm³/mol. The summed E-state index contributed by atoms with van der Waals surface area (Å²) in [5.41, 5.74) is 1.96. The Balaban J connectivity index is 2.10. The van der Waals surface area contributed by atoms with Crippen molar-refractivity contribution in [3.05, 3.63) is 29.3 Å². The minimum Gasteiger partial charge on any atom is -0.488 e. The average molecular weight is 392 g/mol. The van der Waals surface area contributed by atoms with Crippen molar-refractivity contribution in [1.82, 2.24) is 10.6 Å². The topological polar surface area (TPSA) is 75.1 Å². The van der Waals surface area contributed by atoms with Crippen molar-refractivity contribution < 1.29 is 14.6 Å². The van der Waals surface area contributed by atoms with Crippen LogP contribution in [0.5, 0.6) is 5.75 Å². The number of hydrogen-bond acceptors (Lipinski definition) is 4. The molecule has 1 atom stereocenters. The molecule has 3 N–H and O–H groups in total. The molecule has 0 spiro atoms. The number of guanidine groups is 1. The Morgan fingerprint density at radius 1 is 1.32 bits per heavy atom. The molecule has 6 heteroatoms. The highest BCUT2D eigenvalue weighted by Gasteiger charge is 2.34. The smallest absolute Gasteiger partial charge is 0.191 e. The van der Waals surface area contributed by atoms with Gasteiger partial charge in [-0.05, 0) is 59.1 Å². The third kappa shape index (κ3) is 6.99. The zero-order chi connectivity index (χ0) is 20.6. The maximum absolute atomic E-state index is 9.42. The summed E-state index contributed by atoms with van der Waals surface area (Å²) in [6.45, 7) is 14.0. The van der Waals surface area contributed by atoms with Crippen LogP contribution in [0.4, 0.5) is 0 Å². The van der Waals surface area contributed by atoms with Gasteiger partial charge in [-0.25, -0.2) is 4.99 Å². The van der Waals surface area contributed by atoms with E-state index in [1.807, 2.05) is 0 Å². The lowest BCUT2D eigenvalue weighted by molar-refractivity contribution is 0.127. The number of hydrogen-bond donors (Lipinski definition) is 3. The standard InChI is InChI=1S/C22H37N3O3/c1-6-23-20(25-15-22(9-11-26)10-12-27-16-22)24-14-18-8-7-17(2)13-19(18)28-21(3,4)5/h7-8,13,26H,6,9-12,14-16H2,1-5H3,(H2,23,24,25). The van der Waals surface area contributed by atoms with Gasteiger partial charge in [0.1, 0.15) is 11.4 Å². The molecule has 158 valence electrons. The summed E-state index contributed by atoms with van der Waals surface area (Å²) in [4.78, 5) is 4.77. The minimum atomic E-state index is -0.256. The molecule has 1 unspecified atom stereocenters. The van der Waals surface area contributed by atoms with Gasteiger partial charge in [0, 0.05) is 37.3 Å². The Bertz CT molecular complexity index is 647. The highest BCUT2D eigenvalue weighted by atomic mass is 16.5. The fraction of sp³-hybridized carbons (Fsp3) is 0.682. The predicted octanol–water partition coefficient (Wildman–Crippen LogP) is 3.02. The van der Waals surface area contributed by atoms with E-state index in [4.69, 9.17) is 14.5 Å². The summed E-state index contributed by atoms with van der Waals surface area (Å²) in [6, 6.07) is 6.25. The van der Waals surface area contributed by atoms with Crippen LogP contribution in [0.2, 0.25) is 0 Å². The summed E-state index contributed by atoms with van der Waals surface area (Å²) in [6.07, 6.45) is 1.70. The van der Waals surface area contributed by atoms with Crippen molar-refractivity contribution in [2.45, 2.75) is 59.6 Å². The van der Waals surface area contributed by atoms with Crippen LogP contribution in [-0.2, 0) is 11.3 Å². The maximum atomic E-state index is 9.42. The van der Waals surface area contributed by atoms with Gasteiger partial charge in [0.05, 0.1) is 13.2 Å². The van der Waals surface area contributed by atoms with Gasteiger partial charge in [-0.2, -0.15) is 0 Å². The molecule has 0 saturated carbocycles. The van der Waals surface area contributed by atoms with Gasteiger partial charge < -0.3 is 25.2 Å². The van der Waals surface area contributed by atoms with E-state index >= 15 is 0 Å². The molecule has 0 radical (unpaired) electrons. The molecule has 0 aromatic heterocycles. The first-order chi connectivity index (χ1) is 13.3. The van der Waals surface area contributed by atoms with E-state index in [-0.39, 0.29) is 17.6 Å². The Labute approximate surface area is 169 Å². The van der Waals surface area contributed by atoms with E-state index in [0.717, 1.165) is 49.8 Å². The van der Waals surface area contributed by atoms with Crippen LogP contribution >= 0.6 is 0 Å². The molecule has 6 nitrogen and oxygen atoms in total. The first kappa shape index (κ1) is 22.5. The molecule has 1 aliphatic heterocycles. The normalized spacial score (nSPS) is 20.3. The summed E-state index contributed by atoms with van der Waals surface area (Å²) in [5, 5.41) is 16.2. The van der Waals surface area contributed by atoms with Gasteiger partial charge in [0.2, 0.25) is 0 Å². The van der Waals surface area contributed by atoms with E-state index in [1.54, 1.807) is 0 Å². The molecule has 0 amide bonds. The highest BCUT2D eigenvalue weighted by Crippen LogP contribution is 2.31. The summed E-state index contributed by atoms with van der Waals surface area (Å²) < 4.78 is 11.7. The second kappa shape index (κ2) is 10.1. The minimum absolute atomic E-state index is 0.0185. The number of aryl methyl sites for hydroxylation is 1. The van der Waals surface area contributed by atoms with Gasteiger partial charge >= 0.3 is 0 Å². The lowest BCUT2D eigenvalue weighted by Crippen LogP contribution is -2.44. The van der Waals surface area contributed by atoms with Crippen molar-refractivity contribution in [3.63, 3.8) is 0 Å². The molecule has 1 aromatic carbocycles. The zero-order valence-electron chi connectivity index (χ0n) is 18.1. The fourth-order valence-corrected chi connectivity index (χ4v) is 3.31. The second-order valence-corrected chi connectivity index (χ2v) is 8.65. The molecule has 1 fully saturated rings. The third-order valence-electron chi connectivity index (χ3n) is 4.85. The van der Waals surface area contributed by atoms with Crippen LogP contribution in [0.25, 0.3) is 0 Å². The monoisotopic (exact) mass is 391 g/mol. The molecule has 0 bridgehead atoms. The molecular weight excluding hydrogens is 354 g/mol. The number of aliphatic imine (C=N–C) groups is 1. The fourth-order valence-electron chi connectivity index (χ4n) is 3.31. The van der Waals surface area contributed by atoms with Crippen LogP contribution < -0.4 is 15.4 Å². The van der Waals surface area contributed by atoms with Crippen molar-refractivity contribution in [2.75, 3.05) is 32.9 Å². The number of aliphatic hydroxyl groups is 1. The van der Waals surface area contributed by atoms with E-state index in [0.29, 0.717) is 13.2 Å². The van der Waals surface area contributed by atoms with Gasteiger partial charge in [0.15, 0.2) is 5.96 Å². The van der Waals surface area contributed by atoms with Crippen molar-refractivity contribution in [3.8, 4) is 5.75 Å². The van der Waals surface area contributed by atoms with E-state index in [2.05, 4.69) is 63.5 Å². The first-order valence-corrected chi connectivity index (χ1v) is 10.3. The molecular formula is C22H37N3O3. The van der Waals surface area contributed by atoms with Crippen LogP contribution in [0.1, 0.15) is 51.7 Å². The lowest BCUT2D eigenvalue weighted by Gasteiger charge is -2.28. The SMILES string of the molecule is CCNC(=NCc1ccc(C)cc1OC(C)(C)C)NCC1(CCO)CCOC1. The molecule has 1 heterocycles. The van der Waals surface area contributed by atoms with Crippen LogP contribution in [-0.4, -0.2) is 49.6 Å². The third-order valence-corrected chi connectivity index (χ3v) is 4.85. The maximum Gasteiger partial charge on any atom is 0.191 e. The van der Waals surface area contributed by atoms with Crippen LogP contribution in [0.3, 0.4) is 0 Å². The molecule has 0 aliphatic carbocycles. The van der Waals surface area contributed by atoms with Gasteiger partial charge in [-0.15, -0.1) is 0 Å². The average Bonchev–Trinajstić information content (AvgIpc) is 3.06. The Morgan fingerprint density at radius 3 is 2.71 bits per heavy atom. The number of aliphatic hydroxyl groups excluding tert-OH is 1. The second-order valence-electron chi connectivity index (χ2n) is 8.65. The lowest BCUT2D eigenvalue weighted by atomic mass is 9.84. The summed E-state index contributed by atoms with van der Waals surface area (Å²) in [5.74, 6) is 1.65. The van der Waals surface area contributed by atoms with Crippen LogP contribution in [0.15, 0.2) is 23.2 Å². The van der Waals surface area contributed by atoms with Gasteiger partial charge in [0.25, 0.3) is 0 Å². The number of nitrogens with zero attached hydrogens (tertiary/aromatic N) is 1. The molecule has 28 heavy (non-hydrogen) atoms. The Hall–Kier alpha value is -1.79. The number of nitrogens with one attached hydrogen (secondary N) is 2. The molecule has 1 saturated heterocycles. The Kier molecular flexibility index (Phi) is 8.13.